The van der Waals surface area contributed by atoms with Crippen molar-refractivity contribution < 1.29 is 18.0 Å². The van der Waals surface area contributed by atoms with E-state index in [1.54, 1.807) is 6.07 Å². The number of carbonyl (C=O) groups is 1. The smallest absolute Gasteiger partial charge is 0.325 e. The van der Waals surface area contributed by atoms with Gasteiger partial charge in [0.05, 0.1) is 17.0 Å². The van der Waals surface area contributed by atoms with E-state index >= 15 is 0 Å². The van der Waals surface area contributed by atoms with Crippen molar-refractivity contribution in [3.63, 3.8) is 0 Å². The minimum atomic E-state index is -4.55. The Morgan fingerprint density at radius 3 is 2.60 bits per heavy atom. The van der Waals surface area contributed by atoms with Crippen LogP contribution in [0.4, 0.5) is 18.9 Å². The van der Waals surface area contributed by atoms with Gasteiger partial charge in [-0.15, -0.1) is 10.2 Å². The lowest BCUT2D eigenvalue weighted by molar-refractivity contribution is -0.137. The van der Waals surface area contributed by atoms with Crippen molar-refractivity contribution in [1.29, 1.82) is 0 Å². The maximum Gasteiger partial charge on any atom is 0.418 e. The van der Waals surface area contributed by atoms with Crippen molar-refractivity contribution in [2.45, 2.75) is 31.7 Å². The lowest BCUT2D eigenvalue weighted by Crippen LogP contribution is -2.18. The molecule has 1 N–H and O–H groups in total. The van der Waals surface area contributed by atoms with E-state index in [1.165, 1.54) is 18.2 Å². The van der Waals surface area contributed by atoms with Gasteiger partial charge in [0.1, 0.15) is 0 Å². The molecule has 0 aliphatic rings. The number of thioether (sulfide) groups is 1. The first-order valence-electron chi connectivity index (χ1n) is 8.99. The molecule has 5 nitrogen and oxygen atoms in total. The maximum absolute atomic E-state index is 13.1. The van der Waals surface area contributed by atoms with Gasteiger partial charge in [0.15, 0.2) is 11.0 Å². The fraction of sp³-hybridized carbons (Fsp3) is 0.250. The molecule has 1 heterocycles. The predicted octanol–water partition coefficient (Wildman–Crippen LogP) is 5.68. The van der Waals surface area contributed by atoms with E-state index in [0.717, 1.165) is 29.0 Å². The molecule has 0 spiro atoms. The molecule has 0 saturated heterocycles. The van der Waals surface area contributed by atoms with Crippen LogP contribution in [0, 0.1) is 6.92 Å². The van der Waals surface area contributed by atoms with Crippen LogP contribution in [-0.2, 0) is 17.5 Å². The molecule has 0 aliphatic heterocycles. The van der Waals surface area contributed by atoms with E-state index in [2.05, 4.69) is 15.5 Å². The number of halogens is 4. The Labute approximate surface area is 180 Å². The van der Waals surface area contributed by atoms with Crippen LogP contribution in [-0.4, -0.2) is 26.4 Å². The fourth-order valence-corrected chi connectivity index (χ4v) is 3.76. The van der Waals surface area contributed by atoms with Gasteiger partial charge in [0.2, 0.25) is 5.91 Å². The van der Waals surface area contributed by atoms with Crippen LogP contribution in [0.5, 0.6) is 0 Å². The van der Waals surface area contributed by atoms with Gasteiger partial charge in [-0.05, 0) is 37.6 Å². The molecular formula is C20H18ClF3N4OS. The Hall–Kier alpha value is -2.52. The summed E-state index contributed by atoms with van der Waals surface area (Å²) < 4.78 is 41.1. The number of carbonyl (C=O) groups excluding carboxylic acids is 1. The zero-order valence-corrected chi connectivity index (χ0v) is 17.7. The van der Waals surface area contributed by atoms with Crippen LogP contribution in [0.15, 0.2) is 47.6 Å². The Kier molecular flexibility index (Phi) is 6.72. The van der Waals surface area contributed by atoms with Gasteiger partial charge in [-0.25, -0.2) is 0 Å². The summed E-state index contributed by atoms with van der Waals surface area (Å²) in [5.74, 6) is -0.0779. The van der Waals surface area contributed by atoms with Crippen molar-refractivity contribution in [2.24, 2.45) is 0 Å². The largest absolute Gasteiger partial charge is 0.418 e. The quantitative estimate of drug-likeness (QED) is 0.487. The number of nitrogens with zero attached hydrogens (tertiary/aromatic N) is 3. The van der Waals surface area contributed by atoms with Crippen molar-refractivity contribution in [3.8, 4) is 11.4 Å². The molecule has 2 aromatic carbocycles. The molecule has 3 aromatic rings. The molecule has 0 atom stereocenters. The van der Waals surface area contributed by atoms with Gasteiger partial charge in [0, 0.05) is 17.1 Å². The molecular weight excluding hydrogens is 437 g/mol. The first-order chi connectivity index (χ1) is 14.2. The van der Waals surface area contributed by atoms with Crippen LogP contribution in [0.2, 0.25) is 5.02 Å². The zero-order chi connectivity index (χ0) is 21.9. The molecule has 0 saturated carbocycles. The van der Waals surface area contributed by atoms with Crippen LogP contribution in [0.3, 0.4) is 0 Å². The topological polar surface area (TPSA) is 59.8 Å². The normalized spacial score (nSPS) is 11.5. The van der Waals surface area contributed by atoms with Gasteiger partial charge in [-0.1, -0.05) is 47.6 Å². The summed E-state index contributed by atoms with van der Waals surface area (Å²) in [6.45, 7) is 4.36. The van der Waals surface area contributed by atoms with E-state index in [4.69, 9.17) is 11.6 Å². The number of amides is 1. The van der Waals surface area contributed by atoms with Gasteiger partial charge >= 0.3 is 6.18 Å². The molecule has 30 heavy (non-hydrogen) atoms. The number of anilines is 1. The molecule has 10 heteroatoms. The third-order valence-corrected chi connectivity index (χ3v) is 5.68. The second-order valence-corrected chi connectivity index (χ2v) is 7.74. The second kappa shape index (κ2) is 9.09. The van der Waals surface area contributed by atoms with Crippen molar-refractivity contribution in [2.75, 3.05) is 11.1 Å². The Bertz CT molecular complexity index is 1070. The number of nitrogens with one attached hydrogen (secondary N) is 1. The zero-order valence-electron chi connectivity index (χ0n) is 16.1. The Morgan fingerprint density at radius 1 is 1.20 bits per heavy atom. The monoisotopic (exact) mass is 454 g/mol. The minimum Gasteiger partial charge on any atom is -0.325 e. The van der Waals surface area contributed by atoms with E-state index in [0.29, 0.717) is 22.5 Å². The van der Waals surface area contributed by atoms with Gasteiger partial charge in [0.25, 0.3) is 0 Å². The number of aryl methyl sites for hydroxylation is 1. The van der Waals surface area contributed by atoms with Crippen LogP contribution < -0.4 is 5.32 Å². The van der Waals surface area contributed by atoms with Crippen LogP contribution in [0.1, 0.15) is 18.1 Å². The number of hydrogen-bond acceptors (Lipinski definition) is 4. The maximum atomic E-state index is 13.1. The fourth-order valence-electron chi connectivity index (χ4n) is 2.78. The summed E-state index contributed by atoms with van der Waals surface area (Å²) in [4.78, 5) is 12.2. The number of hydrogen-bond donors (Lipinski definition) is 1. The van der Waals surface area contributed by atoms with Gasteiger partial charge in [-0.2, -0.15) is 13.2 Å². The highest BCUT2D eigenvalue weighted by atomic mass is 35.5. The van der Waals surface area contributed by atoms with E-state index < -0.39 is 17.6 Å². The summed E-state index contributed by atoms with van der Waals surface area (Å²) >= 11 is 7.29. The molecule has 1 aromatic heterocycles. The highest BCUT2D eigenvalue weighted by molar-refractivity contribution is 7.99. The van der Waals surface area contributed by atoms with Crippen molar-refractivity contribution >= 4 is 35.0 Å². The van der Waals surface area contributed by atoms with Crippen molar-refractivity contribution in [3.05, 3.63) is 58.6 Å². The predicted molar refractivity (Wildman–Crippen MR) is 112 cm³/mol. The molecule has 158 valence electrons. The highest BCUT2D eigenvalue weighted by Gasteiger charge is 2.33. The standard InChI is InChI=1S/C20H18ClF3N4OS/c1-3-28-18(13-9-8-12(2)15(21)10-13)26-27-19(28)30-11-17(29)25-16-7-5-4-6-14(16)20(22,23)24/h4-10H,3,11H2,1-2H3,(H,25,29). The number of benzene rings is 2. The number of rotatable bonds is 6. The summed E-state index contributed by atoms with van der Waals surface area (Å²) in [6.07, 6.45) is -4.55. The van der Waals surface area contributed by atoms with Gasteiger partial charge < -0.3 is 9.88 Å². The number of alkyl halides is 3. The summed E-state index contributed by atoms with van der Waals surface area (Å²) in [5, 5.41) is 11.7. The highest BCUT2D eigenvalue weighted by Crippen LogP contribution is 2.34. The molecule has 0 bridgehead atoms. The average Bonchev–Trinajstić information content (AvgIpc) is 3.11. The lowest BCUT2D eigenvalue weighted by Gasteiger charge is -2.13. The SMILES string of the molecule is CCn1c(SCC(=O)Nc2ccccc2C(F)(F)F)nnc1-c1ccc(C)c(Cl)c1. The van der Waals surface area contributed by atoms with Crippen molar-refractivity contribution in [1.82, 2.24) is 14.8 Å². The average molecular weight is 455 g/mol. The van der Waals surface area contributed by atoms with Gasteiger partial charge in [-0.3, -0.25) is 4.79 Å². The molecule has 3 rings (SSSR count). The molecule has 0 unspecified atom stereocenters. The third kappa shape index (κ3) is 4.96. The van der Waals surface area contributed by atoms with Crippen LogP contribution in [0.25, 0.3) is 11.4 Å². The summed E-state index contributed by atoms with van der Waals surface area (Å²) in [7, 11) is 0. The molecule has 1 amide bonds. The second-order valence-electron chi connectivity index (χ2n) is 6.39. The first-order valence-corrected chi connectivity index (χ1v) is 10.4. The molecule has 0 aliphatic carbocycles. The Morgan fingerprint density at radius 2 is 1.93 bits per heavy atom. The molecule has 0 radical (unpaired) electrons. The summed E-state index contributed by atoms with van der Waals surface area (Å²) in [5.41, 5.74) is 0.560. The van der Waals surface area contributed by atoms with E-state index in [1.807, 2.05) is 30.5 Å². The molecule has 0 fully saturated rings. The lowest BCUT2D eigenvalue weighted by atomic mass is 10.1. The number of para-hydroxylation sites is 1. The van der Waals surface area contributed by atoms with E-state index in [9.17, 15) is 18.0 Å². The minimum absolute atomic E-state index is 0.112. The first kappa shape index (κ1) is 22.2. The Balaban J connectivity index is 1.73. The van der Waals surface area contributed by atoms with E-state index in [-0.39, 0.29) is 11.4 Å². The number of aromatic nitrogens is 3. The van der Waals surface area contributed by atoms with Crippen LogP contribution >= 0.6 is 23.4 Å². The summed E-state index contributed by atoms with van der Waals surface area (Å²) in [6, 6.07) is 10.4. The third-order valence-electron chi connectivity index (χ3n) is 4.30.